The highest BCUT2D eigenvalue weighted by Crippen LogP contribution is 2.11. The van der Waals surface area contributed by atoms with Gasteiger partial charge in [-0.2, -0.15) is 0 Å². The van der Waals surface area contributed by atoms with Crippen LogP contribution in [0, 0.1) is 5.92 Å². The summed E-state index contributed by atoms with van der Waals surface area (Å²) in [4.78, 5) is 35.0. The Labute approximate surface area is 126 Å². The molecule has 0 saturated heterocycles. The third-order valence-electron chi connectivity index (χ3n) is 2.95. The molecule has 21 heavy (non-hydrogen) atoms. The van der Waals surface area contributed by atoms with Crippen LogP contribution in [0.2, 0.25) is 0 Å². The Morgan fingerprint density at radius 2 is 1.67 bits per heavy atom. The van der Waals surface area contributed by atoms with Gasteiger partial charge in [0.15, 0.2) is 0 Å². The number of nitrogens with two attached hydrogens (primary N) is 1. The summed E-state index contributed by atoms with van der Waals surface area (Å²) in [5.41, 5.74) is 4.46. The van der Waals surface area contributed by atoms with Gasteiger partial charge in [0.05, 0.1) is 0 Å². The van der Waals surface area contributed by atoms with Crippen molar-refractivity contribution in [1.82, 2.24) is 10.6 Å². The largest absolute Gasteiger partial charge is 0.444 e. The molecule has 0 saturated carbocycles. The minimum atomic E-state index is -0.801. The zero-order chi connectivity index (χ0) is 16.8. The Balaban J connectivity index is 4.84. The first-order chi connectivity index (χ1) is 9.47. The van der Waals surface area contributed by atoms with Gasteiger partial charge in [0.25, 0.3) is 0 Å². The number of carbonyl (C=O) groups excluding carboxylic acids is 3. The van der Waals surface area contributed by atoms with E-state index in [0.717, 1.165) is 0 Å². The van der Waals surface area contributed by atoms with Crippen molar-refractivity contribution < 1.29 is 19.1 Å². The van der Waals surface area contributed by atoms with Crippen LogP contribution in [0.1, 0.15) is 48.0 Å². The van der Waals surface area contributed by atoms with Crippen molar-refractivity contribution in [3.8, 4) is 0 Å². The molecular weight excluding hydrogens is 274 g/mol. The Hall–Kier alpha value is -1.79. The lowest BCUT2D eigenvalue weighted by atomic mass is 9.98. The normalized spacial score (nSPS) is 15.5. The maximum Gasteiger partial charge on any atom is 0.408 e. The summed E-state index contributed by atoms with van der Waals surface area (Å²) in [6.07, 6.45) is 0.00781. The predicted octanol–water partition coefficient (Wildman–Crippen LogP) is 0.916. The molecule has 0 rings (SSSR count). The highest BCUT2D eigenvalue weighted by molar-refractivity contribution is 5.90. The maximum atomic E-state index is 12.2. The molecule has 0 spiro atoms. The zero-order valence-electron chi connectivity index (χ0n) is 13.6. The quantitative estimate of drug-likeness (QED) is 0.677. The van der Waals surface area contributed by atoms with Gasteiger partial charge in [-0.25, -0.2) is 4.79 Å². The summed E-state index contributed by atoms with van der Waals surface area (Å²) >= 11 is 0. The Kier molecular flexibility index (Phi) is 7.18. The number of alkyl carbamates (subject to hydrolysis) is 1. The summed E-state index contributed by atoms with van der Waals surface area (Å²) in [5.74, 6) is -1.21. The number of hydrogen-bond donors (Lipinski definition) is 3. The van der Waals surface area contributed by atoms with Gasteiger partial charge in [-0.15, -0.1) is 0 Å². The van der Waals surface area contributed by atoms with Crippen molar-refractivity contribution in [1.29, 1.82) is 0 Å². The number of ether oxygens (including phenoxy) is 1. The van der Waals surface area contributed by atoms with Gasteiger partial charge < -0.3 is 21.1 Å². The van der Waals surface area contributed by atoms with Crippen LogP contribution in [0.5, 0.6) is 0 Å². The molecule has 0 aliphatic rings. The summed E-state index contributed by atoms with van der Waals surface area (Å²) in [5, 5.41) is 5.02. The number of nitrogens with one attached hydrogen (secondary N) is 2. The lowest BCUT2D eigenvalue weighted by Crippen LogP contribution is -2.54. The van der Waals surface area contributed by atoms with Crippen molar-refractivity contribution in [3.05, 3.63) is 0 Å². The second-order valence-corrected chi connectivity index (χ2v) is 6.14. The van der Waals surface area contributed by atoms with E-state index in [1.54, 1.807) is 20.8 Å². The Morgan fingerprint density at radius 1 is 1.14 bits per heavy atom. The third-order valence-corrected chi connectivity index (χ3v) is 2.95. The third kappa shape index (κ3) is 7.53. The van der Waals surface area contributed by atoms with Gasteiger partial charge in [-0.3, -0.25) is 9.59 Å². The molecule has 4 N–H and O–H groups in total. The molecule has 3 amide bonds. The van der Waals surface area contributed by atoms with E-state index in [1.165, 1.54) is 6.92 Å². The molecule has 0 fully saturated rings. The van der Waals surface area contributed by atoms with E-state index >= 15 is 0 Å². The van der Waals surface area contributed by atoms with E-state index in [2.05, 4.69) is 10.6 Å². The molecule has 0 radical (unpaired) electrons. The summed E-state index contributed by atoms with van der Waals surface area (Å²) < 4.78 is 5.14. The fourth-order valence-electron chi connectivity index (χ4n) is 1.51. The Morgan fingerprint density at radius 3 is 2.05 bits per heavy atom. The van der Waals surface area contributed by atoms with E-state index in [1.807, 2.05) is 13.8 Å². The first kappa shape index (κ1) is 19.2. The molecule has 0 unspecified atom stereocenters. The van der Waals surface area contributed by atoms with Crippen LogP contribution in [0.4, 0.5) is 4.79 Å². The SMILES string of the molecule is CC[C@H](C)[C@@H](NC(=O)OC(C)(C)C)C(=O)N[C@H](C)C(N)=O. The number of rotatable bonds is 6. The maximum absolute atomic E-state index is 12.2. The summed E-state index contributed by atoms with van der Waals surface area (Å²) in [7, 11) is 0. The highest BCUT2D eigenvalue weighted by Gasteiger charge is 2.29. The highest BCUT2D eigenvalue weighted by atomic mass is 16.6. The number of primary amides is 1. The zero-order valence-corrected chi connectivity index (χ0v) is 13.6. The molecule has 0 aliphatic heterocycles. The molecule has 0 heterocycles. The minimum Gasteiger partial charge on any atom is -0.444 e. The van der Waals surface area contributed by atoms with Crippen molar-refractivity contribution in [2.75, 3.05) is 0 Å². The molecule has 7 nitrogen and oxygen atoms in total. The molecule has 0 aromatic rings. The fraction of sp³-hybridized carbons (Fsp3) is 0.786. The molecule has 0 aromatic carbocycles. The van der Waals surface area contributed by atoms with E-state index in [9.17, 15) is 14.4 Å². The van der Waals surface area contributed by atoms with Crippen LogP contribution < -0.4 is 16.4 Å². The first-order valence-corrected chi connectivity index (χ1v) is 7.07. The smallest absolute Gasteiger partial charge is 0.408 e. The number of hydrogen-bond acceptors (Lipinski definition) is 4. The summed E-state index contributed by atoms with van der Waals surface area (Å²) in [6.45, 7) is 10.4. The predicted molar refractivity (Wildman–Crippen MR) is 79.4 cm³/mol. The van der Waals surface area contributed by atoms with Gasteiger partial charge in [0, 0.05) is 0 Å². The fourth-order valence-corrected chi connectivity index (χ4v) is 1.51. The second-order valence-electron chi connectivity index (χ2n) is 6.14. The number of amides is 3. The van der Waals surface area contributed by atoms with Crippen LogP contribution in [-0.4, -0.2) is 35.6 Å². The second kappa shape index (κ2) is 7.85. The number of carbonyl (C=O) groups is 3. The lowest BCUT2D eigenvalue weighted by molar-refractivity contribution is -0.129. The molecular formula is C14H27N3O4. The minimum absolute atomic E-state index is 0.113. The monoisotopic (exact) mass is 301 g/mol. The van der Waals surface area contributed by atoms with Crippen LogP contribution in [0.15, 0.2) is 0 Å². The van der Waals surface area contributed by atoms with Crippen LogP contribution in [-0.2, 0) is 14.3 Å². The van der Waals surface area contributed by atoms with Crippen molar-refractivity contribution >= 4 is 17.9 Å². The summed E-state index contributed by atoms with van der Waals surface area (Å²) in [6, 6.07) is -1.59. The van der Waals surface area contributed by atoms with E-state index in [4.69, 9.17) is 10.5 Å². The standard InChI is InChI=1S/C14H27N3O4/c1-7-8(2)10(12(19)16-9(3)11(15)18)17-13(20)21-14(4,5)6/h8-10H,7H2,1-6H3,(H2,15,18)(H,16,19)(H,17,20)/t8-,9+,10+/m0/s1. The molecule has 0 bridgehead atoms. The first-order valence-electron chi connectivity index (χ1n) is 7.07. The van der Waals surface area contributed by atoms with E-state index in [0.29, 0.717) is 6.42 Å². The van der Waals surface area contributed by atoms with Gasteiger partial charge in [0.1, 0.15) is 17.7 Å². The molecule has 0 aliphatic carbocycles. The molecule has 7 heteroatoms. The lowest BCUT2D eigenvalue weighted by Gasteiger charge is -2.27. The van der Waals surface area contributed by atoms with Gasteiger partial charge >= 0.3 is 6.09 Å². The molecule has 0 aromatic heterocycles. The topological polar surface area (TPSA) is 111 Å². The average Bonchev–Trinajstić information content (AvgIpc) is 2.32. The van der Waals surface area contributed by atoms with Crippen molar-refractivity contribution in [2.24, 2.45) is 11.7 Å². The van der Waals surface area contributed by atoms with E-state index < -0.39 is 35.6 Å². The van der Waals surface area contributed by atoms with Crippen LogP contribution >= 0.6 is 0 Å². The Bertz CT molecular complexity index is 390. The van der Waals surface area contributed by atoms with Crippen molar-refractivity contribution in [2.45, 2.75) is 65.6 Å². The van der Waals surface area contributed by atoms with Crippen LogP contribution in [0.3, 0.4) is 0 Å². The van der Waals surface area contributed by atoms with E-state index in [-0.39, 0.29) is 5.92 Å². The van der Waals surface area contributed by atoms with Gasteiger partial charge in [0.2, 0.25) is 11.8 Å². The average molecular weight is 301 g/mol. The van der Waals surface area contributed by atoms with Gasteiger partial charge in [-0.1, -0.05) is 20.3 Å². The molecule has 3 atom stereocenters. The molecule has 122 valence electrons. The van der Waals surface area contributed by atoms with Gasteiger partial charge in [-0.05, 0) is 33.6 Å². The van der Waals surface area contributed by atoms with Crippen LogP contribution in [0.25, 0.3) is 0 Å². The van der Waals surface area contributed by atoms with Crippen molar-refractivity contribution in [3.63, 3.8) is 0 Å².